The zero-order valence-electron chi connectivity index (χ0n) is 20.7. The number of hydrogen-bond donors (Lipinski definition) is 2. The fourth-order valence-corrected chi connectivity index (χ4v) is 6.34. The number of rotatable bonds is 5. The van der Waals surface area contributed by atoms with E-state index in [1.807, 2.05) is 0 Å². The molecule has 0 bridgehead atoms. The van der Waals surface area contributed by atoms with Crippen molar-refractivity contribution in [1.29, 1.82) is 0 Å². The van der Waals surface area contributed by atoms with Gasteiger partial charge in [0.15, 0.2) is 5.78 Å². The number of nitrogens with two attached hydrogens (primary N) is 1. The molecule has 0 spiro atoms. The molecule has 0 radical (unpaired) electrons. The van der Waals surface area contributed by atoms with E-state index in [9.17, 15) is 30.8 Å². The molecular weight excluding hydrogens is 552 g/mol. The second-order valence-corrected chi connectivity index (χ2v) is 11.3. The second kappa shape index (κ2) is 10.1. The van der Waals surface area contributed by atoms with Gasteiger partial charge in [-0.15, -0.1) is 0 Å². The summed E-state index contributed by atoms with van der Waals surface area (Å²) in [4.78, 5) is 22.4. The lowest BCUT2D eigenvalue weighted by Crippen LogP contribution is -2.53. The molecule has 9 nitrogen and oxygen atoms in total. The number of benzene rings is 1. The van der Waals surface area contributed by atoms with Crippen LogP contribution >= 0.6 is 0 Å². The SMILES string of the molecule is N/C=C1/C[C@]2(C(=O)c3cc(C(F)(F)F)ccn3)CN(S(=O)(=O)c3cn[nH]c3)CCC2=CC1=Nc1ccc(F)cc1. The molecule has 0 unspecified atom stereocenters. The van der Waals surface area contributed by atoms with E-state index in [-0.39, 0.29) is 30.8 Å². The topological polar surface area (TPSA) is 134 Å². The van der Waals surface area contributed by atoms with Gasteiger partial charge in [0.05, 0.1) is 28.6 Å². The van der Waals surface area contributed by atoms with Crippen molar-refractivity contribution in [2.24, 2.45) is 16.1 Å². The number of sulfonamides is 1. The number of carbonyl (C=O) groups is 1. The van der Waals surface area contributed by atoms with E-state index in [1.54, 1.807) is 6.08 Å². The highest BCUT2D eigenvalue weighted by Gasteiger charge is 2.52. The minimum Gasteiger partial charge on any atom is -0.404 e. The van der Waals surface area contributed by atoms with Crippen LogP contribution in [0.25, 0.3) is 0 Å². The van der Waals surface area contributed by atoms with Gasteiger partial charge in [0.2, 0.25) is 10.0 Å². The van der Waals surface area contributed by atoms with Gasteiger partial charge in [0, 0.05) is 25.5 Å². The van der Waals surface area contributed by atoms with Gasteiger partial charge in [-0.05, 0) is 67.1 Å². The van der Waals surface area contributed by atoms with Crippen LogP contribution in [0.1, 0.15) is 28.9 Å². The molecule has 1 aliphatic heterocycles. The first-order valence-corrected chi connectivity index (χ1v) is 13.4. The lowest BCUT2D eigenvalue weighted by molar-refractivity contribution is -0.137. The van der Waals surface area contributed by atoms with Crippen molar-refractivity contribution in [2.45, 2.75) is 23.9 Å². The molecule has 3 heterocycles. The van der Waals surface area contributed by atoms with E-state index >= 15 is 0 Å². The first-order valence-electron chi connectivity index (χ1n) is 12.0. The average Bonchev–Trinajstić information content (AvgIpc) is 3.49. The number of H-pyrrole nitrogens is 1. The summed E-state index contributed by atoms with van der Waals surface area (Å²) >= 11 is 0. The van der Waals surface area contributed by atoms with E-state index in [0.717, 1.165) is 22.8 Å². The van der Waals surface area contributed by atoms with Gasteiger partial charge < -0.3 is 5.73 Å². The number of Topliss-reactive ketones (excluding diaryl/α,β-unsaturated/α-hetero) is 1. The second-order valence-electron chi connectivity index (χ2n) is 9.37. The van der Waals surface area contributed by atoms with E-state index in [1.165, 1.54) is 36.7 Å². The Morgan fingerprint density at radius 2 is 1.95 bits per heavy atom. The van der Waals surface area contributed by atoms with Crippen molar-refractivity contribution in [3.63, 3.8) is 0 Å². The molecule has 2 aromatic heterocycles. The average molecular weight is 575 g/mol. The number of carbonyl (C=O) groups excluding carboxylic acids is 1. The Kier molecular flexibility index (Phi) is 6.92. The van der Waals surface area contributed by atoms with Crippen molar-refractivity contribution in [2.75, 3.05) is 13.1 Å². The summed E-state index contributed by atoms with van der Waals surface area (Å²) in [5.41, 5.74) is 4.40. The van der Waals surface area contributed by atoms with E-state index < -0.39 is 44.5 Å². The Morgan fingerprint density at radius 1 is 1.20 bits per heavy atom. The lowest BCUT2D eigenvalue weighted by Gasteiger charge is -2.45. The summed E-state index contributed by atoms with van der Waals surface area (Å²) in [5, 5.41) is 6.13. The minimum absolute atomic E-state index is 0.00407. The third-order valence-corrected chi connectivity index (χ3v) is 8.78. The Bertz CT molecular complexity index is 1650. The fraction of sp³-hybridized carbons (Fsp3) is 0.231. The highest BCUT2D eigenvalue weighted by Crippen LogP contribution is 2.48. The van der Waals surface area contributed by atoms with Crippen LogP contribution in [0.15, 0.2) is 88.3 Å². The summed E-state index contributed by atoms with van der Waals surface area (Å²) < 4.78 is 81.7. The summed E-state index contributed by atoms with van der Waals surface area (Å²) in [6.07, 6.45) is 1.24. The lowest BCUT2D eigenvalue weighted by atomic mass is 9.64. The first kappa shape index (κ1) is 27.4. The molecule has 3 N–H and O–H groups in total. The largest absolute Gasteiger partial charge is 0.416 e. The van der Waals surface area contributed by atoms with E-state index in [4.69, 9.17) is 5.73 Å². The minimum atomic E-state index is -4.72. The Labute approximate surface area is 226 Å². The highest BCUT2D eigenvalue weighted by atomic mass is 32.2. The normalized spacial score (nSPS) is 22.2. The summed E-state index contributed by atoms with van der Waals surface area (Å²) in [7, 11) is -4.10. The van der Waals surface area contributed by atoms with Crippen LogP contribution in [0.4, 0.5) is 23.2 Å². The van der Waals surface area contributed by atoms with Gasteiger partial charge in [-0.2, -0.15) is 22.6 Å². The van der Waals surface area contributed by atoms with Gasteiger partial charge >= 0.3 is 6.18 Å². The van der Waals surface area contributed by atoms with E-state index in [2.05, 4.69) is 20.2 Å². The van der Waals surface area contributed by atoms with Crippen molar-refractivity contribution >= 4 is 27.2 Å². The predicted molar refractivity (Wildman–Crippen MR) is 136 cm³/mol. The standard InChI is InChI=1S/C26H22F4N6O3S/c27-19-1-3-20(4-2-19)35-22-9-17-6-8-36(40(38,39)21-13-33-34-14-21)15-25(17,11-16(22)12-31)24(37)23-10-18(5-7-32-23)26(28,29)30/h1-5,7,9-10,12-14H,6,8,11,15,31H2,(H,33,34)/b16-12-,35-22?/t25-/m0/s1. The zero-order chi connectivity index (χ0) is 28.7. The van der Waals surface area contributed by atoms with Crippen LogP contribution in [-0.4, -0.2) is 52.5 Å². The molecule has 0 saturated carbocycles. The summed E-state index contributed by atoms with van der Waals surface area (Å²) in [5.74, 6) is -1.23. The summed E-state index contributed by atoms with van der Waals surface area (Å²) in [6.45, 7) is -0.375. The Hall–Kier alpha value is -4.17. The van der Waals surface area contributed by atoms with Crippen molar-refractivity contribution in [3.05, 3.63) is 95.5 Å². The Balaban J connectivity index is 1.64. The van der Waals surface area contributed by atoms with Gasteiger partial charge in [0.1, 0.15) is 16.4 Å². The van der Waals surface area contributed by atoms with Gasteiger partial charge in [-0.3, -0.25) is 14.9 Å². The number of pyridine rings is 1. The number of hydrogen-bond acceptors (Lipinski definition) is 7. The van der Waals surface area contributed by atoms with Crippen LogP contribution in [0, 0.1) is 11.2 Å². The molecule has 1 fully saturated rings. The maximum absolute atomic E-state index is 14.1. The molecule has 5 rings (SSSR count). The first-order chi connectivity index (χ1) is 18.9. The van der Waals surface area contributed by atoms with Crippen LogP contribution in [0.3, 0.4) is 0 Å². The quantitative estimate of drug-likeness (QED) is 0.347. The molecule has 40 heavy (non-hydrogen) atoms. The number of halogens is 4. The zero-order valence-corrected chi connectivity index (χ0v) is 21.5. The number of alkyl halides is 3. The van der Waals surface area contributed by atoms with Crippen LogP contribution in [0.2, 0.25) is 0 Å². The maximum Gasteiger partial charge on any atom is 0.416 e. The van der Waals surface area contributed by atoms with Crippen molar-refractivity contribution < 1.29 is 30.8 Å². The molecule has 1 atom stereocenters. The predicted octanol–water partition coefficient (Wildman–Crippen LogP) is 4.17. The number of ketones is 1. The fourth-order valence-electron chi connectivity index (χ4n) is 4.93. The molecule has 1 aliphatic carbocycles. The van der Waals surface area contributed by atoms with Gasteiger partial charge in [-0.25, -0.2) is 17.8 Å². The molecular formula is C26H22F4N6O3S. The molecule has 3 aromatic rings. The van der Waals surface area contributed by atoms with Crippen LogP contribution < -0.4 is 5.73 Å². The molecule has 0 amide bonds. The van der Waals surface area contributed by atoms with E-state index in [0.29, 0.717) is 28.6 Å². The Morgan fingerprint density at radius 3 is 2.60 bits per heavy atom. The van der Waals surface area contributed by atoms with Crippen molar-refractivity contribution in [3.8, 4) is 0 Å². The summed E-state index contributed by atoms with van der Waals surface area (Å²) in [6, 6.07) is 6.78. The van der Waals surface area contributed by atoms with Crippen LogP contribution in [0.5, 0.6) is 0 Å². The number of allylic oxidation sites excluding steroid dienone is 2. The number of aromatic nitrogens is 3. The third kappa shape index (κ3) is 4.95. The molecule has 14 heteroatoms. The number of aromatic amines is 1. The van der Waals surface area contributed by atoms with Crippen LogP contribution in [-0.2, 0) is 16.2 Å². The van der Waals surface area contributed by atoms with Crippen molar-refractivity contribution in [1.82, 2.24) is 19.5 Å². The molecule has 208 valence electrons. The smallest absolute Gasteiger partial charge is 0.404 e. The number of nitrogens with zero attached hydrogens (tertiary/aromatic N) is 4. The molecule has 1 saturated heterocycles. The monoisotopic (exact) mass is 574 g/mol. The number of nitrogens with one attached hydrogen (secondary N) is 1. The number of piperidine rings is 1. The maximum atomic E-state index is 14.1. The van der Waals surface area contributed by atoms with Gasteiger partial charge in [-0.1, -0.05) is 5.57 Å². The van der Waals surface area contributed by atoms with Gasteiger partial charge in [0.25, 0.3) is 0 Å². The number of fused-ring (bicyclic) bond motifs is 1. The third-order valence-electron chi connectivity index (χ3n) is 6.97. The number of aliphatic imine (C=N–C) groups is 1. The highest BCUT2D eigenvalue weighted by molar-refractivity contribution is 7.89. The molecule has 2 aliphatic rings. The molecule has 1 aromatic carbocycles.